The Balaban J connectivity index is 2.43. The first-order valence-corrected chi connectivity index (χ1v) is 6.33. The normalized spacial score (nSPS) is 12.2. The van der Waals surface area contributed by atoms with Crippen molar-refractivity contribution in [3.63, 3.8) is 0 Å². The summed E-state index contributed by atoms with van der Waals surface area (Å²) in [6.45, 7) is 4.72. The van der Waals surface area contributed by atoms with Crippen molar-refractivity contribution in [1.82, 2.24) is 5.32 Å². The predicted octanol–water partition coefficient (Wildman–Crippen LogP) is 1.78. The topological polar surface area (TPSA) is 56.5 Å². The second-order valence-electron chi connectivity index (χ2n) is 4.50. The van der Waals surface area contributed by atoms with Crippen molar-refractivity contribution in [2.24, 2.45) is 11.7 Å². The van der Waals surface area contributed by atoms with E-state index in [2.05, 4.69) is 12.2 Å². The van der Waals surface area contributed by atoms with Gasteiger partial charge in [-0.05, 0) is 43.1 Å². The maximum absolute atomic E-state index is 5.58. The lowest BCUT2D eigenvalue weighted by Crippen LogP contribution is -2.20. The van der Waals surface area contributed by atoms with Gasteiger partial charge in [-0.15, -0.1) is 0 Å². The van der Waals surface area contributed by atoms with E-state index < -0.39 is 0 Å². The third kappa shape index (κ3) is 4.55. The smallest absolute Gasteiger partial charge is 0.161 e. The average Bonchev–Trinajstić information content (AvgIpc) is 2.42. The highest BCUT2D eigenvalue weighted by molar-refractivity contribution is 5.42. The molecule has 1 atom stereocenters. The molecule has 0 bridgehead atoms. The van der Waals surface area contributed by atoms with Gasteiger partial charge in [-0.2, -0.15) is 0 Å². The van der Waals surface area contributed by atoms with Crippen LogP contribution in [0.5, 0.6) is 11.5 Å². The predicted molar refractivity (Wildman–Crippen MR) is 74.1 cm³/mol. The number of hydrogen-bond acceptors (Lipinski definition) is 4. The van der Waals surface area contributed by atoms with Crippen molar-refractivity contribution < 1.29 is 9.47 Å². The molecule has 4 heteroatoms. The van der Waals surface area contributed by atoms with Crippen LogP contribution in [0, 0.1) is 5.92 Å². The van der Waals surface area contributed by atoms with E-state index in [0.29, 0.717) is 5.92 Å². The summed E-state index contributed by atoms with van der Waals surface area (Å²) in [7, 11) is 3.29. The van der Waals surface area contributed by atoms with Gasteiger partial charge in [-0.1, -0.05) is 13.0 Å². The third-order valence-electron chi connectivity index (χ3n) is 2.99. The average molecular weight is 252 g/mol. The zero-order valence-electron chi connectivity index (χ0n) is 11.5. The minimum Gasteiger partial charge on any atom is -0.493 e. The lowest BCUT2D eigenvalue weighted by Gasteiger charge is -2.11. The number of ether oxygens (including phenoxy) is 2. The number of nitrogens with one attached hydrogen (secondary N) is 1. The van der Waals surface area contributed by atoms with Gasteiger partial charge >= 0.3 is 0 Å². The van der Waals surface area contributed by atoms with Crippen molar-refractivity contribution in [3.8, 4) is 11.5 Å². The third-order valence-corrected chi connectivity index (χ3v) is 2.99. The molecule has 1 rings (SSSR count). The molecule has 0 radical (unpaired) electrons. The molecule has 0 fully saturated rings. The molecule has 4 nitrogen and oxygen atoms in total. The molecule has 1 unspecified atom stereocenters. The number of methoxy groups -OCH3 is 2. The van der Waals surface area contributed by atoms with Crippen LogP contribution in [-0.2, 0) is 6.54 Å². The van der Waals surface area contributed by atoms with Gasteiger partial charge in [0.25, 0.3) is 0 Å². The molecule has 0 spiro atoms. The number of hydrogen-bond donors (Lipinski definition) is 2. The summed E-state index contributed by atoms with van der Waals surface area (Å²) in [6, 6.07) is 5.97. The van der Waals surface area contributed by atoms with Crippen LogP contribution in [0.1, 0.15) is 18.9 Å². The Hall–Kier alpha value is -1.26. The SMILES string of the molecule is COc1ccc(CNCCC(C)CN)cc1OC. The Labute approximate surface area is 109 Å². The first kappa shape index (κ1) is 14.8. The number of benzene rings is 1. The number of rotatable bonds is 8. The van der Waals surface area contributed by atoms with E-state index in [1.165, 1.54) is 5.56 Å². The molecule has 0 aromatic heterocycles. The van der Waals surface area contributed by atoms with Gasteiger partial charge in [0, 0.05) is 6.54 Å². The standard InChI is InChI=1S/C14H24N2O2/c1-11(9-15)6-7-16-10-12-4-5-13(17-2)14(8-12)18-3/h4-5,8,11,16H,6-7,9-10,15H2,1-3H3. The summed E-state index contributed by atoms with van der Waals surface area (Å²) in [5.41, 5.74) is 6.77. The van der Waals surface area contributed by atoms with E-state index >= 15 is 0 Å². The molecule has 1 aromatic carbocycles. The van der Waals surface area contributed by atoms with E-state index in [0.717, 1.165) is 37.6 Å². The molecule has 18 heavy (non-hydrogen) atoms. The maximum atomic E-state index is 5.58. The van der Waals surface area contributed by atoms with Crippen LogP contribution < -0.4 is 20.5 Å². The molecule has 0 amide bonds. The lowest BCUT2D eigenvalue weighted by molar-refractivity contribution is 0.354. The monoisotopic (exact) mass is 252 g/mol. The highest BCUT2D eigenvalue weighted by atomic mass is 16.5. The van der Waals surface area contributed by atoms with Crippen LogP contribution in [0.4, 0.5) is 0 Å². The van der Waals surface area contributed by atoms with Crippen LogP contribution in [0.25, 0.3) is 0 Å². The van der Waals surface area contributed by atoms with Gasteiger partial charge in [0.15, 0.2) is 11.5 Å². The van der Waals surface area contributed by atoms with Gasteiger partial charge in [0.2, 0.25) is 0 Å². The van der Waals surface area contributed by atoms with E-state index in [4.69, 9.17) is 15.2 Å². The molecule has 0 aliphatic carbocycles. The van der Waals surface area contributed by atoms with Crippen LogP contribution in [0.2, 0.25) is 0 Å². The second kappa shape index (κ2) is 7.95. The fourth-order valence-corrected chi connectivity index (χ4v) is 1.69. The summed E-state index contributed by atoms with van der Waals surface area (Å²) in [5, 5.41) is 3.40. The Bertz CT molecular complexity index is 356. The fraction of sp³-hybridized carbons (Fsp3) is 0.571. The summed E-state index contributed by atoms with van der Waals surface area (Å²) in [4.78, 5) is 0. The fourth-order valence-electron chi connectivity index (χ4n) is 1.69. The molecule has 0 heterocycles. The summed E-state index contributed by atoms with van der Waals surface area (Å²) >= 11 is 0. The second-order valence-corrected chi connectivity index (χ2v) is 4.50. The first-order valence-electron chi connectivity index (χ1n) is 6.33. The summed E-state index contributed by atoms with van der Waals surface area (Å²) in [5.74, 6) is 2.10. The minimum atomic E-state index is 0.572. The highest BCUT2D eigenvalue weighted by Crippen LogP contribution is 2.27. The molecule has 0 aliphatic heterocycles. The Morgan fingerprint density at radius 2 is 1.94 bits per heavy atom. The van der Waals surface area contributed by atoms with Crippen molar-refractivity contribution in [2.45, 2.75) is 19.9 Å². The first-order chi connectivity index (χ1) is 8.71. The molecule has 0 saturated carbocycles. The zero-order valence-corrected chi connectivity index (χ0v) is 11.5. The minimum absolute atomic E-state index is 0.572. The Morgan fingerprint density at radius 3 is 2.56 bits per heavy atom. The van der Waals surface area contributed by atoms with Crippen molar-refractivity contribution >= 4 is 0 Å². The van der Waals surface area contributed by atoms with Gasteiger partial charge < -0.3 is 20.5 Å². The van der Waals surface area contributed by atoms with Crippen LogP contribution in [0.15, 0.2) is 18.2 Å². The van der Waals surface area contributed by atoms with E-state index in [1.54, 1.807) is 14.2 Å². The molecule has 1 aromatic rings. The van der Waals surface area contributed by atoms with Gasteiger partial charge in [-0.25, -0.2) is 0 Å². The lowest BCUT2D eigenvalue weighted by atomic mass is 10.1. The van der Waals surface area contributed by atoms with Gasteiger partial charge in [-0.3, -0.25) is 0 Å². The molecular weight excluding hydrogens is 228 g/mol. The van der Waals surface area contributed by atoms with Gasteiger partial charge in [0.05, 0.1) is 14.2 Å². The van der Waals surface area contributed by atoms with Crippen molar-refractivity contribution in [2.75, 3.05) is 27.3 Å². The van der Waals surface area contributed by atoms with E-state index in [9.17, 15) is 0 Å². The molecule has 0 aliphatic rings. The molecule has 3 N–H and O–H groups in total. The van der Waals surface area contributed by atoms with E-state index in [-0.39, 0.29) is 0 Å². The largest absolute Gasteiger partial charge is 0.493 e. The van der Waals surface area contributed by atoms with E-state index in [1.807, 2.05) is 18.2 Å². The quantitative estimate of drug-likeness (QED) is 0.692. The van der Waals surface area contributed by atoms with Crippen molar-refractivity contribution in [1.29, 1.82) is 0 Å². The van der Waals surface area contributed by atoms with Crippen LogP contribution in [-0.4, -0.2) is 27.3 Å². The summed E-state index contributed by atoms with van der Waals surface area (Å²) < 4.78 is 10.5. The molecule has 102 valence electrons. The number of nitrogens with two attached hydrogens (primary N) is 1. The Morgan fingerprint density at radius 1 is 1.22 bits per heavy atom. The highest BCUT2D eigenvalue weighted by Gasteiger charge is 2.04. The van der Waals surface area contributed by atoms with Crippen LogP contribution in [0.3, 0.4) is 0 Å². The molecular formula is C14H24N2O2. The van der Waals surface area contributed by atoms with Gasteiger partial charge in [0.1, 0.15) is 0 Å². The molecule has 0 saturated heterocycles. The van der Waals surface area contributed by atoms with Crippen molar-refractivity contribution in [3.05, 3.63) is 23.8 Å². The summed E-state index contributed by atoms with van der Waals surface area (Å²) in [6.07, 6.45) is 1.10. The maximum Gasteiger partial charge on any atom is 0.161 e. The Kier molecular flexibility index (Phi) is 6.54. The van der Waals surface area contributed by atoms with Crippen LogP contribution >= 0.6 is 0 Å². The zero-order chi connectivity index (χ0) is 13.4.